The van der Waals surface area contributed by atoms with Gasteiger partial charge in [0.25, 0.3) is 11.9 Å². The van der Waals surface area contributed by atoms with Gasteiger partial charge in [-0.1, -0.05) is 24.3 Å². The molecular weight excluding hydrogens is 374 g/mol. The van der Waals surface area contributed by atoms with Crippen molar-refractivity contribution in [3.8, 4) is 17.2 Å². The fourth-order valence-corrected chi connectivity index (χ4v) is 4.47. The highest BCUT2D eigenvalue weighted by Crippen LogP contribution is 2.42. The number of hydrogen-bond acceptors (Lipinski definition) is 4. The Morgan fingerprint density at radius 1 is 1.10 bits per heavy atom. The molecule has 2 aliphatic carbocycles. The van der Waals surface area contributed by atoms with Crippen molar-refractivity contribution in [3.05, 3.63) is 59.0 Å². The molecule has 0 N–H and O–H groups in total. The standard InChI is InChI=1S/C24H27N5O/c1-3-28(4-2)23(30)20-15-26-29(22(20)17-12-13-17)24-25-14-18-10-7-9-16-8-5-6-11-19(16)21(18)27-24/h5-6,8,11,14-15,17H,3-4,7,9-10,12-13H2,1-2H3. The summed E-state index contributed by atoms with van der Waals surface area (Å²) >= 11 is 0. The average Bonchev–Trinajstić information content (AvgIpc) is 3.55. The first kappa shape index (κ1) is 19.0. The second kappa shape index (κ2) is 7.67. The summed E-state index contributed by atoms with van der Waals surface area (Å²) in [6, 6.07) is 8.50. The van der Waals surface area contributed by atoms with Crippen LogP contribution in [0.3, 0.4) is 0 Å². The van der Waals surface area contributed by atoms with E-state index in [0.717, 1.165) is 43.5 Å². The van der Waals surface area contributed by atoms with Gasteiger partial charge in [-0.3, -0.25) is 4.79 Å². The van der Waals surface area contributed by atoms with Gasteiger partial charge in [0.15, 0.2) is 0 Å². The molecule has 5 rings (SSSR count). The number of amides is 1. The lowest BCUT2D eigenvalue weighted by atomic mass is 10.0. The third-order valence-corrected chi connectivity index (χ3v) is 6.26. The summed E-state index contributed by atoms with van der Waals surface area (Å²) in [7, 11) is 0. The van der Waals surface area contributed by atoms with Crippen molar-refractivity contribution in [3.63, 3.8) is 0 Å². The SMILES string of the molecule is CCN(CC)C(=O)c1cnn(-c2ncc3c(n2)-c2ccccc2CCC3)c1C1CC1. The fraction of sp³-hybridized carbons (Fsp3) is 0.417. The van der Waals surface area contributed by atoms with Gasteiger partial charge < -0.3 is 4.90 Å². The highest BCUT2D eigenvalue weighted by atomic mass is 16.2. The van der Waals surface area contributed by atoms with E-state index in [-0.39, 0.29) is 5.91 Å². The maximum absolute atomic E-state index is 13.1. The molecule has 0 saturated heterocycles. The van der Waals surface area contributed by atoms with Crippen molar-refractivity contribution in [2.45, 2.75) is 51.9 Å². The van der Waals surface area contributed by atoms with Crippen LogP contribution in [0.5, 0.6) is 0 Å². The molecule has 0 spiro atoms. The van der Waals surface area contributed by atoms with Gasteiger partial charge in [0.2, 0.25) is 0 Å². The first-order chi connectivity index (χ1) is 14.7. The number of hydrogen-bond donors (Lipinski definition) is 0. The van der Waals surface area contributed by atoms with Gasteiger partial charge in [-0.05, 0) is 57.1 Å². The number of benzene rings is 1. The van der Waals surface area contributed by atoms with Crippen LogP contribution in [0.4, 0.5) is 0 Å². The molecule has 2 aliphatic rings. The van der Waals surface area contributed by atoms with E-state index in [1.807, 2.05) is 29.6 Å². The van der Waals surface area contributed by atoms with Gasteiger partial charge in [-0.25, -0.2) is 14.6 Å². The molecule has 0 bridgehead atoms. The van der Waals surface area contributed by atoms with Crippen LogP contribution in [0.1, 0.15) is 66.2 Å². The molecule has 1 saturated carbocycles. The summed E-state index contributed by atoms with van der Waals surface area (Å²) in [6.45, 7) is 5.40. The van der Waals surface area contributed by atoms with E-state index >= 15 is 0 Å². The molecule has 1 fully saturated rings. The first-order valence-corrected chi connectivity index (χ1v) is 11.0. The van der Waals surface area contributed by atoms with Crippen LogP contribution in [0.2, 0.25) is 0 Å². The van der Waals surface area contributed by atoms with Crippen LogP contribution in [0, 0.1) is 0 Å². The third kappa shape index (κ3) is 3.20. The average molecular weight is 402 g/mol. The van der Waals surface area contributed by atoms with E-state index in [9.17, 15) is 4.79 Å². The minimum atomic E-state index is 0.0493. The van der Waals surface area contributed by atoms with Crippen molar-refractivity contribution >= 4 is 5.91 Å². The smallest absolute Gasteiger partial charge is 0.257 e. The summed E-state index contributed by atoms with van der Waals surface area (Å²) in [5.41, 5.74) is 6.37. The highest BCUT2D eigenvalue weighted by Gasteiger charge is 2.34. The molecule has 2 heterocycles. The van der Waals surface area contributed by atoms with Crippen molar-refractivity contribution in [2.75, 3.05) is 13.1 Å². The second-order valence-corrected chi connectivity index (χ2v) is 8.16. The molecule has 0 aliphatic heterocycles. The summed E-state index contributed by atoms with van der Waals surface area (Å²) in [5.74, 6) is 0.968. The lowest BCUT2D eigenvalue weighted by molar-refractivity contribution is 0.0771. The predicted molar refractivity (Wildman–Crippen MR) is 116 cm³/mol. The molecule has 6 heteroatoms. The molecule has 1 aromatic carbocycles. The monoisotopic (exact) mass is 401 g/mol. The molecule has 30 heavy (non-hydrogen) atoms. The van der Waals surface area contributed by atoms with Crippen molar-refractivity contribution < 1.29 is 4.79 Å². The zero-order valence-electron chi connectivity index (χ0n) is 17.6. The summed E-state index contributed by atoms with van der Waals surface area (Å²) in [4.78, 5) is 24.6. The lowest BCUT2D eigenvalue weighted by Crippen LogP contribution is -2.31. The number of rotatable bonds is 5. The Hall–Kier alpha value is -3.02. The Bertz CT molecular complexity index is 1090. The Kier molecular flexibility index (Phi) is 4.85. The molecule has 3 aromatic rings. The largest absolute Gasteiger partial charge is 0.339 e. The highest BCUT2D eigenvalue weighted by molar-refractivity contribution is 5.95. The van der Waals surface area contributed by atoms with Crippen LogP contribution in [-0.2, 0) is 12.8 Å². The quantitative estimate of drug-likeness (QED) is 0.643. The number of fused-ring (bicyclic) bond motifs is 3. The van der Waals surface area contributed by atoms with E-state index in [0.29, 0.717) is 30.5 Å². The van der Waals surface area contributed by atoms with Gasteiger partial charge in [-0.15, -0.1) is 0 Å². The zero-order chi connectivity index (χ0) is 20.7. The van der Waals surface area contributed by atoms with Crippen molar-refractivity contribution in [2.24, 2.45) is 0 Å². The molecule has 0 unspecified atom stereocenters. The predicted octanol–water partition coefficient (Wildman–Crippen LogP) is 4.18. The number of aromatic nitrogens is 4. The molecule has 0 atom stereocenters. The van der Waals surface area contributed by atoms with Crippen LogP contribution in [0.15, 0.2) is 36.7 Å². The van der Waals surface area contributed by atoms with Crippen molar-refractivity contribution in [1.82, 2.24) is 24.6 Å². The van der Waals surface area contributed by atoms with Crippen LogP contribution in [0.25, 0.3) is 17.2 Å². The van der Waals surface area contributed by atoms with Crippen LogP contribution >= 0.6 is 0 Å². The molecule has 0 radical (unpaired) electrons. The van der Waals surface area contributed by atoms with E-state index in [4.69, 9.17) is 4.98 Å². The molecular formula is C24H27N5O. The minimum Gasteiger partial charge on any atom is -0.339 e. The molecule has 2 aromatic heterocycles. The molecule has 154 valence electrons. The van der Waals surface area contributed by atoms with Gasteiger partial charge in [0.1, 0.15) is 0 Å². The Morgan fingerprint density at radius 2 is 1.87 bits per heavy atom. The van der Waals surface area contributed by atoms with E-state index in [1.54, 1.807) is 6.20 Å². The summed E-state index contributed by atoms with van der Waals surface area (Å²) < 4.78 is 1.81. The normalized spacial score (nSPS) is 15.3. The third-order valence-electron chi connectivity index (χ3n) is 6.26. The van der Waals surface area contributed by atoms with Gasteiger partial charge in [-0.2, -0.15) is 5.10 Å². The summed E-state index contributed by atoms with van der Waals surface area (Å²) in [5, 5.41) is 4.59. The minimum absolute atomic E-state index is 0.0493. The number of nitrogens with zero attached hydrogens (tertiary/aromatic N) is 5. The first-order valence-electron chi connectivity index (χ1n) is 11.0. The number of carbonyl (C=O) groups is 1. The molecule has 1 amide bonds. The second-order valence-electron chi connectivity index (χ2n) is 8.16. The molecule has 6 nitrogen and oxygen atoms in total. The lowest BCUT2D eigenvalue weighted by Gasteiger charge is -2.19. The topological polar surface area (TPSA) is 63.9 Å². The van der Waals surface area contributed by atoms with Crippen LogP contribution in [-0.4, -0.2) is 43.6 Å². The van der Waals surface area contributed by atoms with Crippen LogP contribution < -0.4 is 0 Å². The van der Waals surface area contributed by atoms with Gasteiger partial charge in [0, 0.05) is 30.8 Å². The number of carbonyl (C=O) groups excluding carboxylic acids is 1. The van der Waals surface area contributed by atoms with Gasteiger partial charge >= 0.3 is 0 Å². The van der Waals surface area contributed by atoms with E-state index < -0.39 is 0 Å². The Balaban J connectivity index is 1.62. The van der Waals surface area contributed by atoms with Gasteiger partial charge in [0.05, 0.1) is 23.1 Å². The Labute approximate surface area is 177 Å². The fourth-order valence-electron chi connectivity index (χ4n) is 4.47. The van der Waals surface area contributed by atoms with E-state index in [1.165, 1.54) is 16.7 Å². The summed E-state index contributed by atoms with van der Waals surface area (Å²) in [6.07, 6.45) is 8.95. The maximum atomic E-state index is 13.1. The van der Waals surface area contributed by atoms with Crippen molar-refractivity contribution in [1.29, 1.82) is 0 Å². The number of aryl methyl sites for hydroxylation is 2. The zero-order valence-corrected chi connectivity index (χ0v) is 17.6. The Morgan fingerprint density at radius 3 is 2.63 bits per heavy atom. The maximum Gasteiger partial charge on any atom is 0.257 e. The van der Waals surface area contributed by atoms with E-state index in [2.05, 4.69) is 34.3 Å².